The van der Waals surface area contributed by atoms with Crippen LogP contribution >= 0.6 is 0 Å². The van der Waals surface area contributed by atoms with Crippen LogP contribution in [0.4, 0.5) is 5.82 Å². The standard InChI is InChI=1S/C12H14N2/c1-3-9-7-14-12(13)11-8(2)5-4-6-10(9)11/h4-7H,3H2,1-2H3,(H2,13,14). The Morgan fingerprint density at radius 2 is 2.14 bits per heavy atom. The van der Waals surface area contributed by atoms with Crippen LogP contribution < -0.4 is 5.73 Å². The summed E-state index contributed by atoms with van der Waals surface area (Å²) in [5.74, 6) is 0.635. The van der Waals surface area contributed by atoms with Gasteiger partial charge in [0.15, 0.2) is 0 Å². The Bertz CT molecular complexity index is 467. The van der Waals surface area contributed by atoms with Crippen LogP contribution in [-0.2, 0) is 6.42 Å². The van der Waals surface area contributed by atoms with E-state index in [1.165, 1.54) is 16.5 Å². The number of rotatable bonds is 1. The Kier molecular flexibility index (Phi) is 2.12. The van der Waals surface area contributed by atoms with E-state index >= 15 is 0 Å². The molecule has 0 radical (unpaired) electrons. The molecule has 0 spiro atoms. The minimum atomic E-state index is 0.635. The summed E-state index contributed by atoms with van der Waals surface area (Å²) in [4.78, 5) is 4.22. The number of hydrogen-bond acceptors (Lipinski definition) is 2. The number of anilines is 1. The summed E-state index contributed by atoms with van der Waals surface area (Å²) in [6, 6.07) is 6.25. The highest BCUT2D eigenvalue weighted by molar-refractivity contribution is 5.95. The van der Waals surface area contributed by atoms with E-state index in [0.29, 0.717) is 5.82 Å². The lowest BCUT2D eigenvalue weighted by atomic mass is 10.0. The molecular formula is C12H14N2. The van der Waals surface area contributed by atoms with Crippen LogP contribution in [0.5, 0.6) is 0 Å². The van der Waals surface area contributed by atoms with Gasteiger partial charge in [0.25, 0.3) is 0 Å². The Hall–Kier alpha value is -1.57. The second-order valence-corrected chi connectivity index (χ2v) is 3.52. The van der Waals surface area contributed by atoms with Crippen molar-refractivity contribution >= 4 is 16.6 Å². The van der Waals surface area contributed by atoms with E-state index < -0.39 is 0 Å². The van der Waals surface area contributed by atoms with Crippen LogP contribution in [0, 0.1) is 6.92 Å². The predicted molar refractivity (Wildman–Crippen MR) is 60.3 cm³/mol. The lowest BCUT2D eigenvalue weighted by Crippen LogP contribution is -1.96. The molecule has 0 aliphatic carbocycles. The van der Waals surface area contributed by atoms with Gasteiger partial charge >= 0.3 is 0 Å². The molecule has 72 valence electrons. The van der Waals surface area contributed by atoms with E-state index in [1.807, 2.05) is 6.20 Å². The summed E-state index contributed by atoms with van der Waals surface area (Å²) in [6.45, 7) is 4.20. The second-order valence-electron chi connectivity index (χ2n) is 3.52. The van der Waals surface area contributed by atoms with Crippen molar-refractivity contribution < 1.29 is 0 Å². The Morgan fingerprint density at radius 1 is 1.36 bits per heavy atom. The number of aryl methyl sites for hydroxylation is 2. The molecule has 2 aromatic rings. The van der Waals surface area contributed by atoms with Crippen LogP contribution in [-0.4, -0.2) is 4.98 Å². The third-order valence-corrected chi connectivity index (χ3v) is 2.62. The van der Waals surface area contributed by atoms with Gasteiger partial charge in [-0.05, 0) is 29.9 Å². The highest BCUT2D eigenvalue weighted by atomic mass is 14.8. The average molecular weight is 186 g/mol. The summed E-state index contributed by atoms with van der Waals surface area (Å²) < 4.78 is 0. The molecule has 0 atom stereocenters. The van der Waals surface area contributed by atoms with Crippen LogP contribution in [0.3, 0.4) is 0 Å². The predicted octanol–water partition coefficient (Wildman–Crippen LogP) is 2.69. The van der Waals surface area contributed by atoms with Gasteiger partial charge in [0.05, 0.1) is 0 Å². The molecule has 2 rings (SSSR count). The molecule has 1 aromatic carbocycles. The van der Waals surface area contributed by atoms with E-state index in [-0.39, 0.29) is 0 Å². The van der Waals surface area contributed by atoms with Gasteiger partial charge in [-0.3, -0.25) is 0 Å². The molecule has 2 heteroatoms. The molecule has 2 nitrogen and oxygen atoms in total. The third-order valence-electron chi connectivity index (χ3n) is 2.62. The SMILES string of the molecule is CCc1cnc(N)c2c(C)cccc12. The number of pyridine rings is 1. The number of fused-ring (bicyclic) bond motifs is 1. The molecule has 0 unspecified atom stereocenters. The molecule has 0 aliphatic rings. The molecule has 14 heavy (non-hydrogen) atoms. The lowest BCUT2D eigenvalue weighted by Gasteiger charge is -2.08. The summed E-state index contributed by atoms with van der Waals surface area (Å²) >= 11 is 0. The van der Waals surface area contributed by atoms with Gasteiger partial charge in [-0.2, -0.15) is 0 Å². The maximum atomic E-state index is 5.87. The minimum Gasteiger partial charge on any atom is -0.383 e. The first-order chi connectivity index (χ1) is 6.74. The number of nitrogens with two attached hydrogens (primary N) is 1. The molecule has 0 saturated carbocycles. The molecule has 1 heterocycles. The number of nitrogen functional groups attached to an aromatic ring is 1. The van der Waals surface area contributed by atoms with Crippen LogP contribution in [0.15, 0.2) is 24.4 Å². The summed E-state index contributed by atoms with van der Waals surface area (Å²) in [6.07, 6.45) is 2.87. The van der Waals surface area contributed by atoms with Crippen LogP contribution in [0.25, 0.3) is 10.8 Å². The fraction of sp³-hybridized carbons (Fsp3) is 0.250. The first-order valence-corrected chi connectivity index (χ1v) is 4.86. The van der Waals surface area contributed by atoms with Gasteiger partial charge in [0.1, 0.15) is 5.82 Å². The van der Waals surface area contributed by atoms with Crippen molar-refractivity contribution in [3.05, 3.63) is 35.5 Å². The summed E-state index contributed by atoms with van der Waals surface area (Å²) in [7, 11) is 0. The molecule has 1 aromatic heterocycles. The average Bonchev–Trinajstić information content (AvgIpc) is 2.18. The van der Waals surface area contributed by atoms with E-state index in [9.17, 15) is 0 Å². The van der Waals surface area contributed by atoms with Gasteiger partial charge < -0.3 is 5.73 Å². The zero-order chi connectivity index (χ0) is 10.1. The van der Waals surface area contributed by atoms with Crippen molar-refractivity contribution in [2.45, 2.75) is 20.3 Å². The zero-order valence-corrected chi connectivity index (χ0v) is 8.54. The van der Waals surface area contributed by atoms with Crippen molar-refractivity contribution in [1.29, 1.82) is 0 Å². The van der Waals surface area contributed by atoms with Gasteiger partial charge in [-0.25, -0.2) is 4.98 Å². The molecule has 0 saturated heterocycles. The number of hydrogen-bond donors (Lipinski definition) is 1. The number of nitrogens with zero attached hydrogens (tertiary/aromatic N) is 1. The van der Waals surface area contributed by atoms with E-state index in [2.05, 4.69) is 37.0 Å². The topological polar surface area (TPSA) is 38.9 Å². The van der Waals surface area contributed by atoms with Crippen molar-refractivity contribution in [3.8, 4) is 0 Å². The third kappa shape index (κ3) is 1.23. The molecule has 2 N–H and O–H groups in total. The molecule has 0 amide bonds. The first-order valence-electron chi connectivity index (χ1n) is 4.86. The second kappa shape index (κ2) is 3.29. The lowest BCUT2D eigenvalue weighted by molar-refractivity contribution is 1.13. The zero-order valence-electron chi connectivity index (χ0n) is 8.54. The molecule has 0 bridgehead atoms. The molecule has 0 aliphatic heterocycles. The minimum absolute atomic E-state index is 0.635. The van der Waals surface area contributed by atoms with Crippen LogP contribution in [0.1, 0.15) is 18.1 Å². The first kappa shape index (κ1) is 9.00. The van der Waals surface area contributed by atoms with Gasteiger partial charge in [-0.15, -0.1) is 0 Å². The van der Waals surface area contributed by atoms with Crippen molar-refractivity contribution in [2.24, 2.45) is 0 Å². The molecule has 0 fully saturated rings. The largest absolute Gasteiger partial charge is 0.383 e. The maximum absolute atomic E-state index is 5.87. The number of aromatic nitrogens is 1. The Labute approximate surface area is 83.8 Å². The highest BCUT2D eigenvalue weighted by Gasteiger charge is 2.05. The van der Waals surface area contributed by atoms with E-state index in [0.717, 1.165) is 11.8 Å². The summed E-state index contributed by atoms with van der Waals surface area (Å²) in [5, 5.41) is 2.34. The van der Waals surface area contributed by atoms with Crippen molar-refractivity contribution in [2.75, 3.05) is 5.73 Å². The quantitative estimate of drug-likeness (QED) is 0.743. The summed E-state index contributed by atoms with van der Waals surface area (Å²) in [5.41, 5.74) is 8.33. The van der Waals surface area contributed by atoms with Gasteiger partial charge in [0.2, 0.25) is 0 Å². The van der Waals surface area contributed by atoms with Gasteiger partial charge in [-0.1, -0.05) is 25.1 Å². The fourth-order valence-electron chi connectivity index (χ4n) is 1.84. The number of benzene rings is 1. The Balaban J connectivity index is 2.91. The van der Waals surface area contributed by atoms with Crippen LogP contribution in [0.2, 0.25) is 0 Å². The Morgan fingerprint density at radius 3 is 2.86 bits per heavy atom. The van der Waals surface area contributed by atoms with Crippen molar-refractivity contribution in [3.63, 3.8) is 0 Å². The van der Waals surface area contributed by atoms with E-state index in [4.69, 9.17) is 5.73 Å². The monoisotopic (exact) mass is 186 g/mol. The highest BCUT2D eigenvalue weighted by Crippen LogP contribution is 2.25. The van der Waals surface area contributed by atoms with Gasteiger partial charge in [0, 0.05) is 11.6 Å². The molecular weight excluding hydrogens is 172 g/mol. The van der Waals surface area contributed by atoms with Crippen molar-refractivity contribution in [1.82, 2.24) is 4.98 Å². The fourth-order valence-corrected chi connectivity index (χ4v) is 1.84. The normalized spacial score (nSPS) is 10.7. The smallest absolute Gasteiger partial charge is 0.131 e. The van der Waals surface area contributed by atoms with E-state index in [1.54, 1.807) is 0 Å². The maximum Gasteiger partial charge on any atom is 0.131 e.